The molecule has 98 valence electrons. The highest BCUT2D eigenvalue weighted by Gasteiger charge is 2.67. The van der Waals surface area contributed by atoms with E-state index in [1.165, 1.54) is 0 Å². The second-order valence-corrected chi connectivity index (χ2v) is 7.21. The van der Waals surface area contributed by atoms with Crippen molar-refractivity contribution in [2.75, 3.05) is 0 Å². The summed E-state index contributed by atoms with van der Waals surface area (Å²) in [5, 5.41) is 10.3. The van der Waals surface area contributed by atoms with Gasteiger partial charge in [-0.2, -0.15) is 0 Å². The van der Waals surface area contributed by atoms with E-state index >= 15 is 0 Å². The van der Waals surface area contributed by atoms with Crippen LogP contribution in [0.1, 0.15) is 33.6 Å². The number of aliphatic hydroxyl groups is 1. The maximum Gasteiger partial charge on any atom is 0.337 e. The summed E-state index contributed by atoms with van der Waals surface area (Å²) < 4.78 is 5.46. The molecule has 0 aromatic heterocycles. The van der Waals surface area contributed by atoms with Gasteiger partial charge in [0.05, 0.1) is 11.7 Å². The maximum atomic E-state index is 11.9. The largest absolute Gasteiger partial charge is 0.454 e. The summed E-state index contributed by atoms with van der Waals surface area (Å²) in [7, 11) is 0. The molecule has 3 aliphatic carbocycles. The summed E-state index contributed by atoms with van der Waals surface area (Å²) in [5.41, 5.74) is 2.11. The smallest absolute Gasteiger partial charge is 0.337 e. The van der Waals surface area contributed by atoms with E-state index in [1.807, 2.05) is 0 Å². The van der Waals surface area contributed by atoms with Gasteiger partial charge in [-0.25, -0.2) is 4.79 Å². The van der Waals surface area contributed by atoms with Gasteiger partial charge in [0.15, 0.2) is 0 Å². The van der Waals surface area contributed by atoms with E-state index in [4.69, 9.17) is 4.74 Å². The van der Waals surface area contributed by atoms with Crippen LogP contribution in [0, 0.1) is 29.1 Å². The number of esters is 1. The van der Waals surface area contributed by atoms with E-state index < -0.39 is 6.10 Å². The molecule has 18 heavy (non-hydrogen) atoms. The average molecular weight is 248 g/mol. The minimum Gasteiger partial charge on any atom is -0.454 e. The van der Waals surface area contributed by atoms with Crippen molar-refractivity contribution in [3.63, 3.8) is 0 Å². The molecule has 0 amide bonds. The Morgan fingerprint density at radius 3 is 2.78 bits per heavy atom. The molecule has 3 nitrogen and oxygen atoms in total. The third kappa shape index (κ3) is 1.08. The predicted molar refractivity (Wildman–Crippen MR) is 65.6 cm³/mol. The van der Waals surface area contributed by atoms with Gasteiger partial charge in [-0.05, 0) is 47.5 Å². The third-order valence-corrected chi connectivity index (χ3v) is 6.02. The van der Waals surface area contributed by atoms with E-state index in [1.54, 1.807) is 0 Å². The van der Waals surface area contributed by atoms with Crippen LogP contribution in [0.4, 0.5) is 0 Å². The molecule has 0 spiro atoms. The van der Waals surface area contributed by atoms with Crippen molar-refractivity contribution in [1.29, 1.82) is 0 Å². The van der Waals surface area contributed by atoms with E-state index in [-0.39, 0.29) is 12.1 Å². The first-order valence-electron chi connectivity index (χ1n) is 7.06. The number of aliphatic hydroxyl groups excluding tert-OH is 1. The van der Waals surface area contributed by atoms with Crippen LogP contribution in [-0.2, 0) is 9.53 Å². The zero-order valence-corrected chi connectivity index (χ0v) is 11.1. The highest BCUT2D eigenvalue weighted by molar-refractivity contribution is 5.94. The summed E-state index contributed by atoms with van der Waals surface area (Å²) in [6.07, 6.45) is 1.06. The number of carbonyl (C=O) groups excluding carboxylic acids is 1. The number of hydrogen-bond donors (Lipinski definition) is 1. The van der Waals surface area contributed by atoms with Crippen molar-refractivity contribution in [3.05, 3.63) is 11.1 Å². The first-order valence-corrected chi connectivity index (χ1v) is 7.06. The van der Waals surface area contributed by atoms with E-state index in [9.17, 15) is 9.90 Å². The van der Waals surface area contributed by atoms with Crippen LogP contribution < -0.4 is 0 Å². The lowest BCUT2D eigenvalue weighted by atomic mass is 9.84. The van der Waals surface area contributed by atoms with Gasteiger partial charge >= 0.3 is 5.97 Å². The summed E-state index contributed by atoms with van der Waals surface area (Å²) in [6, 6.07) is 0. The van der Waals surface area contributed by atoms with Crippen molar-refractivity contribution in [2.45, 2.75) is 45.8 Å². The highest BCUT2D eigenvalue weighted by Crippen LogP contribution is 2.70. The van der Waals surface area contributed by atoms with Gasteiger partial charge in [0.25, 0.3) is 0 Å². The summed E-state index contributed by atoms with van der Waals surface area (Å²) in [6.45, 7) is 6.88. The quantitative estimate of drug-likeness (QED) is 0.666. The minimum atomic E-state index is -0.595. The fraction of sp³-hybridized carbons (Fsp3) is 0.800. The fourth-order valence-electron chi connectivity index (χ4n) is 5.09. The monoisotopic (exact) mass is 248 g/mol. The Labute approximate surface area is 107 Å². The molecule has 0 radical (unpaired) electrons. The van der Waals surface area contributed by atoms with Crippen LogP contribution in [-0.4, -0.2) is 23.3 Å². The number of fused-ring (bicyclic) bond motifs is 2. The van der Waals surface area contributed by atoms with Crippen molar-refractivity contribution >= 4 is 5.97 Å². The molecular weight excluding hydrogens is 228 g/mol. The summed E-state index contributed by atoms with van der Waals surface area (Å²) in [4.78, 5) is 11.9. The third-order valence-electron chi connectivity index (χ3n) is 6.02. The van der Waals surface area contributed by atoms with Gasteiger partial charge in [0.1, 0.15) is 6.10 Å². The van der Waals surface area contributed by atoms with Crippen LogP contribution >= 0.6 is 0 Å². The number of hydrogen-bond acceptors (Lipinski definition) is 3. The zero-order valence-electron chi connectivity index (χ0n) is 11.1. The molecule has 6 unspecified atom stereocenters. The molecule has 1 N–H and O–H groups in total. The molecule has 4 aliphatic rings. The number of ether oxygens (including phenoxy) is 1. The summed E-state index contributed by atoms with van der Waals surface area (Å²) >= 11 is 0. The molecule has 0 aromatic carbocycles. The van der Waals surface area contributed by atoms with E-state index in [0.717, 1.165) is 18.4 Å². The standard InChI is InChI=1S/C15H20O3/c1-6-4-9-12-10(6)13-7(15(13,2)3)5-8(16)11(12)14(17)18-9/h6-10,13,16H,4-5H2,1-3H3. The van der Waals surface area contributed by atoms with Gasteiger partial charge in [-0.1, -0.05) is 20.8 Å². The maximum absolute atomic E-state index is 11.9. The molecule has 0 saturated heterocycles. The molecule has 0 aromatic rings. The van der Waals surface area contributed by atoms with Crippen LogP contribution in [0.15, 0.2) is 11.1 Å². The molecule has 3 heteroatoms. The Hall–Kier alpha value is -0.830. The Kier molecular flexibility index (Phi) is 1.84. The van der Waals surface area contributed by atoms with Crippen LogP contribution in [0.2, 0.25) is 0 Å². The highest BCUT2D eigenvalue weighted by atomic mass is 16.5. The molecule has 2 fully saturated rings. The molecule has 0 bridgehead atoms. The number of carbonyl (C=O) groups is 1. The lowest BCUT2D eigenvalue weighted by Crippen LogP contribution is -2.20. The van der Waals surface area contributed by atoms with Crippen molar-refractivity contribution in [2.24, 2.45) is 29.1 Å². The topological polar surface area (TPSA) is 46.5 Å². The number of rotatable bonds is 0. The fourth-order valence-corrected chi connectivity index (χ4v) is 5.09. The van der Waals surface area contributed by atoms with Gasteiger partial charge < -0.3 is 9.84 Å². The lowest BCUT2D eigenvalue weighted by molar-refractivity contribution is -0.140. The first kappa shape index (κ1) is 11.0. The first-order chi connectivity index (χ1) is 8.43. The van der Waals surface area contributed by atoms with Gasteiger partial charge in [-0.15, -0.1) is 0 Å². The van der Waals surface area contributed by atoms with Crippen molar-refractivity contribution < 1.29 is 14.6 Å². The summed E-state index contributed by atoms with van der Waals surface area (Å²) in [5.74, 6) is 1.99. The molecule has 1 aliphatic heterocycles. The van der Waals surface area contributed by atoms with Gasteiger partial charge in [-0.3, -0.25) is 0 Å². The molecule has 4 rings (SSSR count). The normalized spacial score (nSPS) is 51.7. The predicted octanol–water partition coefficient (Wildman–Crippen LogP) is 1.90. The second kappa shape index (κ2) is 3.01. The molecule has 2 saturated carbocycles. The van der Waals surface area contributed by atoms with E-state index in [2.05, 4.69) is 20.8 Å². The minimum absolute atomic E-state index is 0.0303. The van der Waals surface area contributed by atoms with Gasteiger partial charge in [0.2, 0.25) is 0 Å². The Morgan fingerprint density at radius 1 is 1.33 bits per heavy atom. The lowest BCUT2D eigenvalue weighted by Gasteiger charge is -2.19. The molecule has 1 heterocycles. The average Bonchev–Trinajstić information content (AvgIpc) is 2.52. The Bertz CT molecular complexity index is 476. The van der Waals surface area contributed by atoms with Crippen LogP contribution in [0.5, 0.6) is 0 Å². The SMILES string of the molecule is CC1CC2OC(=O)C3=C2C1C1C(CC3O)C1(C)C. The van der Waals surface area contributed by atoms with Crippen molar-refractivity contribution in [1.82, 2.24) is 0 Å². The van der Waals surface area contributed by atoms with Gasteiger partial charge in [0, 0.05) is 0 Å². The molecule has 6 atom stereocenters. The Balaban J connectivity index is 1.87. The molecular formula is C15H20O3. The van der Waals surface area contributed by atoms with Crippen molar-refractivity contribution in [3.8, 4) is 0 Å². The Morgan fingerprint density at radius 2 is 2.06 bits per heavy atom. The van der Waals surface area contributed by atoms with Crippen LogP contribution in [0.25, 0.3) is 0 Å². The van der Waals surface area contributed by atoms with Crippen LogP contribution in [0.3, 0.4) is 0 Å². The zero-order chi connectivity index (χ0) is 12.8. The second-order valence-electron chi connectivity index (χ2n) is 7.21. The van der Waals surface area contributed by atoms with E-state index in [0.29, 0.717) is 34.7 Å².